The second-order valence-corrected chi connectivity index (χ2v) is 4.06. The van der Waals surface area contributed by atoms with Crippen molar-refractivity contribution in [1.29, 1.82) is 0 Å². The molecule has 1 unspecified atom stereocenters. The van der Waals surface area contributed by atoms with Crippen LogP contribution >= 0.6 is 12.4 Å². The first-order chi connectivity index (χ1) is 8.54. The molecule has 0 aliphatic heterocycles. The van der Waals surface area contributed by atoms with Crippen LogP contribution in [0.4, 0.5) is 5.82 Å². The van der Waals surface area contributed by atoms with E-state index in [1.807, 2.05) is 6.92 Å². The Morgan fingerprint density at radius 1 is 1.63 bits per heavy atom. The molecule has 0 fully saturated rings. The van der Waals surface area contributed by atoms with Crippen LogP contribution in [0.1, 0.15) is 5.69 Å². The Hall–Kier alpha value is -1.64. The standard InChI is InChI=1S/C10H16N6O2.ClH/c1-5-7-8(12-10(17)6(11)4-18-3)13-14-9(7)16(2)15-5;/h6H,4,11H2,1-3H3,(H2,12,13,14,17);1H. The summed E-state index contributed by atoms with van der Waals surface area (Å²) in [7, 11) is 3.28. The fourth-order valence-corrected chi connectivity index (χ4v) is 1.79. The lowest BCUT2D eigenvalue weighted by molar-refractivity contribution is -0.118. The van der Waals surface area contributed by atoms with Gasteiger partial charge in [-0.15, -0.1) is 12.4 Å². The van der Waals surface area contributed by atoms with Gasteiger partial charge in [0.25, 0.3) is 0 Å². The zero-order chi connectivity index (χ0) is 13.3. The van der Waals surface area contributed by atoms with Gasteiger partial charge in [0.05, 0.1) is 17.7 Å². The van der Waals surface area contributed by atoms with Gasteiger partial charge < -0.3 is 15.8 Å². The molecule has 1 atom stereocenters. The van der Waals surface area contributed by atoms with Gasteiger partial charge >= 0.3 is 0 Å². The number of H-pyrrole nitrogens is 1. The number of halogens is 1. The van der Waals surface area contributed by atoms with E-state index in [4.69, 9.17) is 10.5 Å². The zero-order valence-electron chi connectivity index (χ0n) is 10.9. The number of aryl methyl sites for hydroxylation is 2. The minimum atomic E-state index is -0.717. The number of nitrogens with two attached hydrogens (primary N) is 1. The summed E-state index contributed by atoms with van der Waals surface area (Å²) in [6.45, 7) is 2.01. The highest BCUT2D eigenvalue weighted by molar-refractivity contribution is 6.01. The zero-order valence-corrected chi connectivity index (χ0v) is 11.7. The molecule has 2 heterocycles. The van der Waals surface area contributed by atoms with Crippen LogP contribution in [0.5, 0.6) is 0 Å². The number of hydrogen-bond acceptors (Lipinski definition) is 5. The van der Waals surface area contributed by atoms with Crippen molar-refractivity contribution >= 4 is 35.2 Å². The summed E-state index contributed by atoms with van der Waals surface area (Å²) in [6, 6.07) is -0.717. The average Bonchev–Trinajstić information content (AvgIpc) is 2.83. The van der Waals surface area contributed by atoms with Gasteiger partial charge in [0.15, 0.2) is 5.65 Å². The van der Waals surface area contributed by atoms with Gasteiger partial charge in [0, 0.05) is 14.2 Å². The number of hydrogen-bond donors (Lipinski definition) is 3. The molecule has 2 rings (SSSR count). The van der Waals surface area contributed by atoms with Crippen molar-refractivity contribution in [3.8, 4) is 0 Å². The number of aromatic amines is 1. The summed E-state index contributed by atoms with van der Waals surface area (Å²) in [6.07, 6.45) is 0. The normalized spacial score (nSPS) is 12.2. The summed E-state index contributed by atoms with van der Waals surface area (Å²) in [5, 5.41) is 14.6. The van der Waals surface area contributed by atoms with E-state index in [1.165, 1.54) is 7.11 Å². The molecule has 106 valence electrons. The number of rotatable bonds is 4. The van der Waals surface area contributed by atoms with Crippen LogP contribution in [0, 0.1) is 6.92 Å². The second-order valence-electron chi connectivity index (χ2n) is 4.06. The number of aromatic nitrogens is 4. The van der Waals surface area contributed by atoms with Gasteiger partial charge in [0.1, 0.15) is 11.9 Å². The van der Waals surface area contributed by atoms with Gasteiger partial charge in [-0.2, -0.15) is 10.2 Å². The fraction of sp³-hybridized carbons (Fsp3) is 0.500. The number of ether oxygens (including phenoxy) is 1. The maximum atomic E-state index is 11.8. The predicted molar refractivity (Wildman–Crippen MR) is 73.3 cm³/mol. The Bertz CT molecular complexity index is 578. The highest BCUT2D eigenvalue weighted by Crippen LogP contribution is 2.23. The number of nitrogens with one attached hydrogen (secondary N) is 2. The lowest BCUT2D eigenvalue weighted by Crippen LogP contribution is -2.39. The van der Waals surface area contributed by atoms with Crippen LogP contribution in [0.2, 0.25) is 0 Å². The number of nitrogens with zero attached hydrogens (tertiary/aromatic N) is 3. The molecule has 0 radical (unpaired) electrons. The third-order valence-electron chi connectivity index (χ3n) is 2.65. The van der Waals surface area contributed by atoms with Crippen molar-refractivity contribution in [2.24, 2.45) is 12.8 Å². The van der Waals surface area contributed by atoms with Crippen molar-refractivity contribution in [2.45, 2.75) is 13.0 Å². The minimum absolute atomic E-state index is 0. The summed E-state index contributed by atoms with van der Waals surface area (Å²) in [5.41, 5.74) is 7.11. The second kappa shape index (κ2) is 6.00. The SMILES string of the molecule is COCC(N)C(=O)Nc1[nH]nc2c1c(C)nn2C.Cl. The van der Waals surface area contributed by atoms with E-state index in [9.17, 15) is 4.79 Å². The predicted octanol–water partition coefficient (Wildman–Crippen LogP) is -0.0612. The van der Waals surface area contributed by atoms with Crippen molar-refractivity contribution in [2.75, 3.05) is 19.0 Å². The Kier molecular flexibility index (Phi) is 4.87. The van der Waals surface area contributed by atoms with Crippen LogP contribution in [0.25, 0.3) is 11.0 Å². The third-order valence-corrected chi connectivity index (χ3v) is 2.65. The quantitative estimate of drug-likeness (QED) is 0.730. The van der Waals surface area contributed by atoms with Crippen LogP contribution in [0.15, 0.2) is 0 Å². The number of anilines is 1. The van der Waals surface area contributed by atoms with Gasteiger partial charge in [-0.1, -0.05) is 0 Å². The largest absolute Gasteiger partial charge is 0.383 e. The molecule has 0 saturated heterocycles. The molecule has 1 amide bonds. The van der Waals surface area contributed by atoms with Gasteiger partial charge in [-0.05, 0) is 6.92 Å². The van der Waals surface area contributed by atoms with E-state index in [0.29, 0.717) is 11.5 Å². The molecule has 2 aromatic heterocycles. The molecule has 0 saturated carbocycles. The van der Waals surface area contributed by atoms with E-state index in [2.05, 4.69) is 20.6 Å². The molecule has 0 bridgehead atoms. The summed E-state index contributed by atoms with van der Waals surface area (Å²) >= 11 is 0. The van der Waals surface area contributed by atoms with Crippen LogP contribution in [-0.2, 0) is 16.6 Å². The minimum Gasteiger partial charge on any atom is -0.383 e. The Balaban J connectivity index is 0.00000180. The first-order valence-electron chi connectivity index (χ1n) is 5.47. The van der Waals surface area contributed by atoms with Crippen LogP contribution in [-0.4, -0.2) is 45.6 Å². The monoisotopic (exact) mass is 288 g/mol. The van der Waals surface area contributed by atoms with Crippen molar-refractivity contribution < 1.29 is 9.53 Å². The Morgan fingerprint density at radius 3 is 2.95 bits per heavy atom. The smallest absolute Gasteiger partial charge is 0.244 e. The molecule has 4 N–H and O–H groups in total. The van der Waals surface area contributed by atoms with Crippen molar-refractivity contribution in [1.82, 2.24) is 20.0 Å². The molecular weight excluding hydrogens is 272 g/mol. The molecular formula is C10H17ClN6O2. The highest BCUT2D eigenvalue weighted by atomic mass is 35.5. The van der Waals surface area contributed by atoms with Crippen LogP contribution < -0.4 is 11.1 Å². The molecule has 0 aliphatic rings. The van der Waals surface area contributed by atoms with E-state index in [0.717, 1.165) is 11.1 Å². The average molecular weight is 289 g/mol. The molecule has 9 heteroatoms. The van der Waals surface area contributed by atoms with E-state index < -0.39 is 6.04 Å². The third kappa shape index (κ3) is 2.86. The van der Waals surface area contributed by atoms with E-state index >= 15 is 0 Å². The topological polar surface area (TPSA) is 111 Å². The fourth-order valence-electron chi connectivity index (χ4n) is 1.79. The van der Waals surface area contributed by atoms with Crippen molar-refractivity contribution in [3.05, 3.63) is 5.69 Å². The maximum Gasteiger partial charge on any atom is 0.244 e. The number of fused-ring (bicyclic) bond motifs is 1. The number of carbonyl (C=O) groups excluding carboxylic acids is 1. The lowest BCUT2D eigenvalue weighted by Gasteiger charge is -2.09. The Labute approximate surface area is 116 Å². The van der Waals surface area contributed by atoms with E-state index in [1.54, 1.807) is 11.7 Å². The first-order valence-corrected chi connectivity index (χ1v) is 5.47. The molecule has 2 aromatic rings. The van der Waals surface area contributed by atoms with Crippen molar-refractivity contribution in [3.63, 3.8) is 0 Å². The van der Waals surface area contributed by atoms with Crippen LogP contribution in [0.3, 0.4) is 0 Å². The summed E-state index contributed by atoms with van der Waals surface area (Å²) < 4.78 is 6.48. The van der Waals surface area contributed by atoms with E-state index in [-0.39, 0.29) is 24.9 Å². The molecule has 0 aromatic carbocycles. The highest BCUT2D eigenvalue weighted by Gasteiger charge is 2.18. The van der Waals surface area contributed by atoms with Gasteiger partial charge in [0.2, 0.25) is 5.91 Å². The molecule has 0 aliphatic carbocycles. The van der Waals surface area contributed by atoms with Gasteiger partial charge in [-0.3, -0.25) is 9.89 Å². The molecule has 8 nitrogen and oxygen atoms in total. The molecule has 19 heavy (non-hydrogen) atoms. The maximum absolute atomic E-state index is 11.8. The first kappa shape index (κ1) is 15.4. The summed E-state index contributed by atoms with van der Waals surface area (Å²) in [5.74, 6) is 0.179. The Morgan fingerprint density at radius 2 is 2.32 bits per heavy atom. The lowest BCUT2D eigenvalue weighted by atomic mass is 10.3. The number of amides is 1. The molecule has 0 spiro atoms. The summed E-state index contributed by atoms with van der Waals surface area (Å²) in [4.78, 5) is 11.8. The number of carbonyl (C=O) groups is 1. The number of methoxy groups -OCH3 is 1. The van der Waals surface area contributed by atoms with Gasteiger partial charge in [-0.25, -0.2) is 4.68 Å².